The Morgan fingerprint density at radius 2 is 1.89 bits per heavy atom. The maximum absolute atomic E-state index is 13.6. The Bertz CT molecular complexity index is 817. The van der Waals surface area contributed by atoms with Crippen LogP contribution in [0.1, 0.15) is 23.1 Å². The Hall–Kier alpha value is -2.37. The van der Waals surface area contributed by atoms with Crippen LogP contribution in [0.4, 0.5) is 0 Å². The number of piperazine rings is 1. The molecule has 2 aromatic rings. The highest BCUT2D eigenvalue weighted by atomic mass is 16.5. The van der Waals surface area contributed by atoms with Gasteiger partial charge < -0.3 is 15.4 Å². The molecule has 0 radical (unpaired) electrons. The molecule has 4 rings (SSSR count). The highest BCUT2D eigenvalue weighted by molar-refractivity contribution is 5.89. The number of para-hydroxylation sites is 1. The molecule has 2 aliphatic rings. The van der Waals surface area contributed by atoms with Crippen LogP contribution in [0, 0.1) is 0 Å². The van der Waals surface area contributed by atoms with Gasteiger partial charge in [0.25, 0.3) is 0 Å². The molecule has 2 N–H and O–H groups in total. The summed E-state index contributed by atoms with van der Waals surface area (Å²) in [5.41, 5.74) is 2.89. The second kappa shape index (κ2) is 7.71. The van der Waals surface area contributed by atoms with Crippen molar-refractivity contribution < 1.29 is 9.53 Å². The fraction of sp³-hybridized carbons (Fsp3) is 0.409. The second-order valence-corrected chi connectivity index (χ2v) is 7.25. The average Bonchev–Trinajstić information content (AvgIpc) is 3.13. The molecule has 1 atom stereocenters. The Morgan fingerprint density at radius 1 is 1.15 bits per heavy atom. The number of hydrogen-bond donors (Lipinski definition) is 2. The van der Waals surface area contributed by atoms with E-state index in [2.05, 4.69) is 39.8 Å². The minimum Gasteiger partial charge on any atom is -0.496 e. The van der Waals surface area contributed by atoms with Gasteiger partial charge in [0.15, 0.2) is 0 Å². The maximum atomic E-state index is 13.6. The zero-order valence-electron chi connectivity index (χ0n) is 15.8. The minimum atomic E-state index is -0.569. The van der Waals surface area contributed by atoms with Gasteiger partial charge in [-0.1, -0.05) is 42.5 Å². The predicted molar refractivity (Wildman–Crippen MR) is 106 cm³/mol. The average molecular weight is 365 g/mol. The minimum absolute atomic E-state index is 0.0975. The summed E-state index contributed by atoms with van der Waals surface area (Å²) in [5, 5.41) is 6.61. The van der Waals surface area contributed by atoms with E-state index in [1.165, 1.54) is 11.1 Å². The maximum Gasteiger partial charge on any atom is 0.245 e. The quantitative estimate of drug-likeness (QED) is 0.852. The third-order valence-electron chi connectivity index (χ3n) is 5.88. The van der Waals surface area contributed by atoms with Crippen LogP contribution in [0.3, 0.4) is 0 Å². The zero-order valence-corrected chi connectivity index (χ0v) is 15.8. The van der Waals surface area contributed by atoms with Gasteiger partial charge in [-0.05, 0) is 30.0 Å². The summed E-state index contributed by atoms with van der Waals surface area (Å²) in [7, 11) is 1.66. The van der Waals surface area contributed by atoms with E-state index in [1.54, 1.807) is 7.11 Å². The highest BCUT2D eigenvalue weighted by Crippen LogP contribution is 2.42. The van der Waals surface area contributed by atoms with E-state index in [0.717, 1.165) is 50.3 Å². The molecule has 1 heterocycles. The van der Waals surface area contributed by atoms with E-state index in [4.69, 9.17) is 4.74 Å². The lowest BCUT2D eigenvalue weighted by Gasteiger charge is -2.43. The van der Waals surface area contributed by atoms with Crippen LogP contribution >= 0.6 is 0 Å². The summed E-state index contributed by atoms with van der Waals surface area (Å²) in [6, 6.07) is 16.3. The van der Waals surface area contributed by atoms with Gasteiger partial charge in [0.2, 0.25) is 5.91 Å². The molecule has 1 amide bonds. The lowest BCUT2D eigenvalue weighted by Crippen LogP contribution is -2.60. The number of carbonyl (C=O) groups is 1. The van der Waals surface area contributed by atoms with Gasteiger partial charge in [0.1, 0.15) is 11.3 Å². The lowest BCUT2D eigenvalue weighted by atomic mass is 9.87. The first-order valence-electron chi connectivity index (χ1n) is 9.70. The van der Waals surface area contributed by atoms with Gasteiger partial charge in [-0.25, -0.2) is 0 Å². The van der Waals surface area contributed by atoms with Crippen molar-refractivity contribution in [1.82, 2.24) is 15.5 Å². The summed E-state index contributed by atoms with van der Waals surface area (Å²) in [5.74, 6) is 0.904. The number of aryl methyl sites for hydroxylation is 1. The molecular weight excluding hydrogens is 338 g/mol. The summed E-state index contributed by atoms with van der Waals surface area (Å²) in [4.78, 5) is 16.0. The first-order chi connectivity index (χ1) is 13.3. The topological polar surface area (TPSA) is 53.6 Å². The van der Waals surface area contributed by atoms with Crippen LogP contribution in [0.5, 0.6) is 5.75 Å². The summed E-state index contributed by atoms with van der Waals surface area (Å²) >= 11 is 0. The molecule has 5 heteroatoms. The number of nitrogens with zero attached hydrogens (tertiary/aromatic N) is 1. The van der Waals surface area contributed by atoms with Crippen LogP contribution in [-0.2, 0) is 23.3 Å². The van der Waals surface area contributed by atoms with E-state index in [0.29, 0.717) is 6.54 Å². The molecule has 1 fully saturated rings. The van der Waals surface area contributed by atoms with Crippen LogP contribution < -0.4 is 15.4 Å². The molecule has 0 aromatic heterocycles. The van der Waals surface area contributed by atoms with Gasteiger partial charge in [-0.15, -0.1) is 0 Å². The molecule has 2 aromatic carbocycles. The zero-order chi connectivity index (χ0) is 18.7. The van der Waals surface area contributed by atoms with Crippen LogP contribution in [-0.4, -0.2) is 44.1 Å². The van der Waals surface area contributed by atoms with Crippen LogP contribution in [0.2, 0.25) is 0 Å². The molecule has 142 valence electrons. The standard InChI is InChI=1S/C22H27N3O2/c1-27-20-9-5-3-7-18(20)16-24-21(26)22(25-14-12-23-13-15-25)11-10-17-6-2-4-8-19(17)22/h2-9,23H,10-16H2,1H3,(H,24,26)/t22-/m0/s1. The van der Waals surface area contributed by atoms with Crippen molar-refractivity contribution in [3.63, 3.8) is 0 Å². The molecule has 1 aliphatic carbocycles. The predicted octanol–water partition coefficient (Wildman–Crippen LogP) is 2.06. The number of amides is 1. The van der Waals surface area contributed by atoms with E-state index in [-0.39, 0.29) is 5.91 Å². The van der Waals surface area contributed by atoms with E-state index in [9.17, 15) is 4.79 Å². The molecule has 5 nitrogen and oxygen atoms in total. The Kier molecular flexibility index (Phi) is 5.14. The van der Waals surface area contributed by atoms with Crippen LogP contribution in [0.15, 0.2) is 48.5 Å². The SMILES string of the molecule is COc1ccccc1CNC(=O)[C@]1(N2CCNCC2)CCc2ccccc21. The summed E-state index contributed by atoms with van der Waals surface area (Å²) < 4.78 is 5.43. The van der Waals surface area contributed by atoms with Gasteiger partial charge in [0.05, 0.1) is 7.11 Å². The molecular formula is C22H27N3O2. The Balaban J connectivity index is 1.62. The molecule has 0 spiro atoms. The van der Waals surface area contributed by atoms with Crippen molar-refractivity contribution in [2.24, 2.45) is 0 Å². The number of benzene rings is 2. The number of rotatable bonds is 5. The van der Waals surface area contributed by atoms with Crippen molar-refractivity contribution in [1.29, 1.82) is 0 Å². The largest absolute Gasteiger partial charge is 0.496 e. The normalized spacial score (nSPS) is 22.3. The van der Waals surface area contributed by atoms with Crippen LogP contribution in [0.25, 0.3) is 0 Å². The number of carbonyl (C=O) groups excluding carboxylic acids is 1. The number of fused-ring (bicyclic) bond motifs is 1. The Morgan fingerprint density at radius 3 is 2.70 bits per heavy atom. The van der Waals surface area contributed by atoms with Crippen molar-refractivity contribution >= 4 is 5.91 Å². The third-order valence-corrected chi connectivity index (χ3v) is 5.88. The molecule has 0 saturated carbocycles. The van der Waals surface area contributed by atoms with Gasteiger partial charge in [-0.3, -0.25) is 9.69 Å². The molecule has 0 bridgehead atoms. The first-order valence-corrected chi connectivity index (χ1v) is 9.70. The fourth-order valence-corrected chi connectivity index (χ4v) is 4.52. The van der Waals surface area contributed by atoms with Crippen molar-refractivity contribution in [3.8, 4) is 5.75 Å². The summed E-state index contributed by atoms with van der Waals surface area (Å²) in [6.07, 6.45) is 1.78. The number of methoxy groups -OCH3 is 1. The molecule has 1 aliphatic heterocycles. The lowest BCUT2D eigenvalue weighted by molar-refractivity contribution is -0.135. The fourth-order valence-electron chi connectivity index (χ4n) is 4.52. The highest BCUT2D eigenvalue weighted by Gasteiger charge is 2.49. The van der Waals surface area contributed by atoms with E-state index < -0.39 is 5.54 Å². The third kappa shape index (κ3) is 3.22. The van der Waals surface area contributed by atoms with Gasteiger partial charge in [-0.2, -0.15) is 0 Å². The second-order valence-electron chi connectivity index (χ2n) is 7.25. The van der Waals surface area contributed by atoms with E-state index in [1.807, 2.05) is 24.3 Å². The van der Waals surface area contributed by atoms with Crippen molar-refractivity contribution in [2.75, 3.05) is 33.3 Å². The van der Waals surface area contributed by atoms with Gasteiger partial charge >= 0.3 is 0 Å². The monoisotopic (exact) mass is 365 g/mol. The smallest absolute Gasteiger partial charge is 0.245 e. The number of nitrogens with one attached hydrogen (secondary N) is 2. The van der Waals surface area contributed by atoms with Crippen molar-refractivity contribution in [3.05, 3.63) is 65.2 Å². The molecule has 27 heavy (non-hydrogen) atoms. The van der Waals surface area contributed by atoms with Crippen molar-refractivity contribution in [2.45, 2.75) is 24.9 Å². The Labute approximate surface area is 160 Å². The summed E-state index contributed by atoms with van der Waals surface area (Å²) in [6.45, 7) is 4.08. The van der Waals surface area contributed by atoms with Gasteiger partial charge in [0, 0.05) is 38.3 Å². The molecule has 1 saturated heterocycles. The number of hydrogen-bond acceptors (Lipinski definition) is 4. The van der Waals surface area contributed by atoms with E-state index >= 15 is 0 Å². The first kappa shape index (κ1) is 18.0. The number of ether oxygens (including phenoxy) is 1. The molecule has 0 unspecified atom stereocenters.